The van der Waals surface area contributed by atoms with Gasteiger partial charge in [-0.1, -0.05) is 6.07 Å². The van der Waals surface area contributed by atoms with Gasteiger partial charge in [0.25, 0.3) is 10.0 Å². The number of primary amides is 1. The molecule has 0 aromatic heterocycles. The van der Waals surface area contributed by atoms with Crippen LogP contribution in [-0.2, 0) is 14.8 Å². The average Bonchev–Trinajstić information content (AvgIpc) is 2.67. The first-order valence-electron chi connectivity index (χ1n) is 9.59. The van der Waals surface area contributed by atoms with E-state index in [1.807, 2.05) is 24.8 Å². The van der Waals surface area contributed by atoms with Crippen molar-refractivity contribution < 1.29 is 23.1 Å². The number of rotatable bonds is 6. The lowest BCUT2D eigenvalue weighted by Crippen LogP contribution is -2.39. The predicted octanol–water partition coefficient (Wildman–Crippen LogP) is 2.50. The summed E-state index contributed by atoms with van der Waals surface area (Å²) >= 11 is 0. The molecule has 1 amide bonds. The summed E-state index contributed by atoms with van der Waals surface area (Å²) in [5.74, 6) is -1.71. The number of hydrogen-bond acceptors (Lipinski definition) is 5. The fourth-order valence-electron chi connectivity index (χ4n) is 3.75. The number of nitrogens with zero attached hydrogens (tertiary/aromatic N) is 1. The largest absolute Gasteiger partial charge is 0.478 e. The molecular weight excluding hydrogens is 406 g/mol. The van der Waals surface area contributed by atoms with Gasteiger partial charge >= 0.3 is 5.97 Å². The van der Waals surface area contributed by atoms with E-state index >= 15 is 0 Å². The lowest BCUT2D eigenvalue weighted by Gasteiger charge is -2.33. The van der Waals surface area contributed by atoms with Gasteiger partial charge in [-0.25, -0.2) is 13.2 Å². The Kier molecular flexibility index (Phi) is 6.02. The highest BCUT2D eigenvalue weighted by molar-refractivity contribution is 7.92. The van der Waals surface area contributed by atoms with E-state index in [9.17, 15) is 23.1 Å². The molecule has 160 valence electrons. The number of benzene rings is 2. The van der Waals surface area contributed by atoms with Crippen LogP contribution in [-0.4, -0.2) is 38.5 Å². The van der Waals surface area contributed by atoms with Gasteiger partial charge in [-0.2, -0.15) is 0 Å². The number of amides is 1. The third kappa shape index (κ3) is 4.73. The van der Waals surface area contributed by atoms with Crippen LogP contribution in [0.2, 0.25) is 0 Å². The van der Waals surface area contributed by atoms with Crippen LogP contribution >= 0.6 is 0 Å². The van der Waals surface area contributed by atoms with E-state index in [0.717, 1.165) is 11.1 Å². The number of nitrogens with one attached hydrogen (secondary N) is 1. The van der Waals surface area contributed by atoms with Crippen LogP contribution in [0.4, 0.5) is 11.4 Å². The smallest absolute Gasteiger partial charge is 0.337 e. The number of hydrogen-bond donors (Lipinski definition) is 3. The van der Waals surface area contributed by atoms with Gasteiger partial charge in [0.15, 0.2) is 0 Å². The Hall–Kier alpha value is -3.07. The summed E-state index contributed by atoms with van der Waals surface area (Å²) in [4.78, 5) is 25.2. The van der Waals surface area contributed by atoms with Crippen molar-refractivity contribution in [1.29, 1.82) is 0 Å². The maximum Gasteiger partial charge on any atom is 0.337 e. The standard InChI is InChI=1S/C21H25N3O5S/c1-13-9-14(2)11-17(10-13)30(28,29)23-16-3-4-19(18(12-16)21(26)27)24-7-5-15(6-8-24)20(22)25/h3-4,9-12,15,23H,5-8H2,1-2H3,(H2,22,25)(H,26,27). The van der Waals surface area contributed by atoms with Gasteiger partial charge in [0, 0.05) is 24.7 Å². The maximum absolute atomic E-state index is 12.8. The second-order valence-electron chi connectivity index (χ2n) is 7.63. The number of carbonyl (C=O) groups excluding carboxylic acids is 1. The third-order valence-corrected chi connectivity index (χ3v) is 6.58. The number of piperidine rings is 1. The summed E-state index contributed by atoms with van der Waals surface area (Å²) in [6, 6.07) is 9.45. The molecule has 4 N–H and O–H groups in total. The van der Waals surface area contributed by atoms with Crippen molar-refractivity contribution in [1.82, 2.24) is 0 Å². The van der Waals surface area contributed by atoms with Gasteiger partial charge < -0.3 is 15.7 Å². The van der Waals surface area contributed by atoms with Gasteiger partial charge in [-0.05, 0) is 68.1 Å². The highest BCUT2D eigenvalue weighted by atomic mass is 32.2. The van der Waals surface area contributed by atoms with Crippen molar-refractivity contribution in [3.05, 3.63) is 53.1 Å². The van der Waals surface area contributed by atoms with Gasteiger partial charge in [0.2, 0.25) is 5.91 Å². The summed E-state index contributed by atoms with van der Waals surface area (Å²) in [7, 11) is -3.86. The molecule has 0 saturated carbocycles. The molecule has 0 unspecified atom stereocenters. The maximum atomic E-state index is 12.8. The van der Waals surface area contributed by atoms with Crippen LogP contribution in [0.25, 0.3) is 0 Å². The Labute approximate surface area is 175 Å². The summed E-state index contributed by atoms with van der Waals surface area (Å²) < 4.78 is 28.0. The van der Waals surface area contributed by atoms with E-state index < -0.39 is 16.0 Å². The molecule has 0 aliphatic carbocycles. The van der Waals surface area contributed by atoms with Gasteiger partial charge in [0.1, 0.15) is 0 Å². The number of sulfonamides is 1. The van der Waals surface area contributed by atoms with Crippen LogP contribution in [0.5, 0.6) is 0 Å². The van der Waals surface area contributed by atoms with Crippen molar-refractivity contribution in [2.45, 2.75) is 31.6 Å². The summed E-state index contributed by atoms with van der Waals surface area (Å²) in [6.07, 6.45) is 1.10. The second-order valence-corrected chi connectivity index (χ2v) is 9.31. The van der Waals surface area contributed by atoms with E-state index in [1.165, 1.54) is 6.07 Å². The average molecular weight is 432 g/mol. The summed E-state index contributed by atoms with van der Waals surface area (Å²) in [5, 5.41) is 9.67. The second kappa shape index (κ2) is 8.35. The first-order valence-corrected chi connectivity index (χ1v) is 11.1. The number of carboxylic acid groups (broad SMARTS) is 1. The first kappa shape index (κ1) is 21.6. The van der Waals surface area contributed by atoms with Crippen molar-refractivity contribution in [2.24, 2.45) is 11.7 Å². The zero-order valence-electron chi connectivity index (χ0n) is 16.9. The fraction of sp³-hybridized carbons (Fsp3) is 0.333. The Morgan fingerprint density at radius 1 is 1.07 bits per heavy atom. The summed E-state index contributed by atoms with van der Waals surface area (Å²) in [5.41, 5.74) is 7.64. The van der Waals surface area contributed by atoms with Gasteiger partial charge in [0.05, 0.1) is 16.1 Å². The minimum atomic E-state index is -3.86. The van der Waals surface area contributed by atoms with E-state index in [2.05, 4.69) is 4.72 Å². The van der Waals surface area contributed by atoms with Crippen molar-refractivity contribution >= 4 is 33.3 Å². The number of aromatic carboxylic acids is 1. The summed E-state index contributed by atoms with van der Waals surface area (Å²) in [6.45, 7) is 4.62. The molecule has 3 rings (SSSR count). The number of anilines is 2. The number of nitrogens with two attached hydrogens (primary N) is 1. The SMILES string of the molecule is Cc1cc(C)cc(S(=O)(=O)Nc2ccc(N3CCC(C(N)=O)CC3)c(C(=O)O)c2)c1. The quantitative estimate of drug-likeness (QED) is 0.644. The molecule has 0 atom stereocenters. The highest BCUT2D eigenvalue weighted by Crippen LogP contribution is 2.30. The molecule has 8 nitrogen and oxygen atoms in total. The van der Waals surface area contributed by atoms with Gasteiger partial charge in [-0.15, -0.1) is 0 Å². The molecule has 1 aliphatic rings. The monoisotopic (exact) mass is 431 g/mol. The molecule has 0 radical (unpaired) electrons. The van der Waals surface area contributed by atoms with Crippen molar-refractivity contribution in [3.8, 4) is 0 Å². The zero-order chi connectivity index (χ0) is 22.1. The lowest BCUT2D eigenvalue weighted by atomic mass is 9.95. The van der Waals surface area contributed by atoms with Crippen molar-refractivity contribution in [3.63, 3.8) is 0 Å². The minimum Gasteiger partial charge on any atom is -0.478 e. The highest BCUT2D eigenvalue weighted by Gasteiger charge is 2.26. The molecule has 2 aromatic rings. The van der Waals surface area contributed by atoms with E-state index in [1.54, 1.807) is 24.3 Å². The molecular formula is C21H25N3O5S. The molecule has 1 fully saturated rings. The first-order chi connectivity index (χ1) is 14.1. The predicted molar refractivity (Wildman–Crippen MR) is 114 cm³/mol. The Balaban J connectivity index is 1.87. The van der Waals surface area contributed by atoms with E-state index in [-0.39, 0.29) is 28.0 Å². The van der Waals surface area contributed by atoms with E-state index in [0.29, 0.717) is 31.6 Å². The number of carboxylic acids is 1. The normalized spacial score (nSPS) is 15.1. The molecule has 30 heavy (non-hydrogen) atoms. The zero-order valence-corrected chi connectivity index (χ0v) is 17.7. The molecule has 2 aromatic carbocycles. The van der Waals surface area contributed by atoms with Crippen molar-refractivity contribution in [2.75, 3.05) is 22.7 Å². The van der Waals surface area contributed by atoms with Gasteiger partial charge in [-0.3, -0.25) is 9.52 Å². The Morgan fingerprint density at radius 2 is 1.67 bits per heavy atom. The molecule has 0 spiro atoms. The number of aryl methyl sites for hydroxylation is 2. The van der Waals surface area contributed by atoms with E-state index in [4.69, 9.17) is 5.73 Å². The molecule has 1 heterocycles. The molecule has 9 heteroatoms. The molecule has 1 aliphatic heterocycles. The van der Waals surface area contributed by atoms with Crippen LogP contribution in [0.3, 0.4) is 0 Å². The van der Waals surface area contributed by atoms with Crippen LogP contribution in [0, 0.1) is 19.8 Å². The Bertz CT molecular complexity index is 1070. The van der Waals surface area contributed by atoms with Crippen LogP contribution in [0.1, 0.15) is 34.3 Å². The van der Waals surface area contributed by atoms with Crippen LogP contribution in [0.15, 0.2) is 41.3 Å². The fourth-order valence-corrected chi connectivity index (χ4v) is 4.99. The lowest BCUT2D eigenvalue weighted by molar-refractivity contribution is -0.122. The third-order valence-electron chi connectivity index (χ3n) is 5.22. The molecule has 1 saturated heterocycles. The topological polar surface area (TPSA) is 130 Å². The van der Waals surface area contributed by atoms with Crippen LogP contribution < -0.4 is 15.4 Å². The molecule has 0 bridgehead atoms. The Morgan fingerprint density at radius 3 is 2.20 bits per heavy atom. The minimum absolute atomic E-state index is 0.00634. The number of carbonyl (C=O) groups is 2.